The van der Waals surface area contributed by atoms with Crippen molar-refractivity contribution < 1.29 is 40.8 Å². The van der Waals surface area contributed by atoms with Gasteiger partial charge in [0, 0.05) is 5.97 Å². The summed E-state index contributed by atoms with van der Waals surface area (Å²) in [5.41, 5.74) is 0. The van der Waals surface area contributed by atoms with E-state index in [1.165, 1.54) is 0 Å². The van der Waals surface area contributed by atoms with Crippen LogP contribution in [0.4, 0.5) is 0 Å². The molecule has 0 bridgehead atoms. The summed E-state index contributed by atoms with van der Waals surface area (Å²) in [7, 11) is 0. The summed E-state index contributed by atoms with van der Waals surface area (Å²) in [6.07, 6.45) is 1.12. The first-order valence-corrected chi connectivity index (χ1v) is 6.93. The van der Waals surface area contributed by atoms with Gasteiger partial charge < -0.3 is 9.90 Å². The Morgan fingerprint density at radius 3 is 2.27 bits per heavy atom. The molecular weight excluding hydrogens is 356 g/mol. The predicted octanol–water partition coefficient (Wildman–Crippen LogP) is 0.238. The number of carbonyl (C=O) groups is 1. The third-order valence-electron chi connectivity index (χ3n) is 0.754. The molecule has 1 atom stereocenters. The SMILES string of the molecule is CC(=O)[O-].CC[CH]([Hg+])OCCl. The van der Waals surface area contributed by atoms with Crippen LogP contribution in [0.1, 0.15) is 20.3 Å². The van der Waals surface area contributed by atoms with Crippen molar-refractivity contribution in [3.63, 3.8) is 0 Å². The Hall–Kier alpha value is 0.655. The molecule has 62 valence electrons. The third kappa shape index (κ3) is 25.0. The van der Waals surface area contributed by atoms with Gasteiger partial charge in [-0.3, -0.25) is 0 Å². The standard InChI is InChI=1S/C4H8ClO.C2H4O2.Hg/c1-2-3-6-4-5;1-2(3)4;/h3H,2,4H2,1H3;1H3,(H,3,4);/q;;+1/p-1. The number of rotatable bonds is 3. The molecule has 0 heterocycles. The fourth-order valence-corrected chi connectivity index (χ4v) is 1.42. The van der Waals surface area contributed by atoms with E-state index in [1.807, 2.05) is 0 Å². The average molecular weight is 367 g/mol. The molecule has 11 heavy (non-hydrogen) atoms. The zero-order chi connectivity index (χ0) is 9.28. The number of halogens is 1. The molecule has 0 aliphatic heterocycles. The van der Waals surface area contributed by atoms with Crippen LogP contribution in [0.5, 0.6) is 0 Å². The van der Waals surface area contributed by atoms with E-state index in [9.17, 15) is 0 Å². The van der Waals surface area contributed by atoms with Crippen molar-refractivity contribution in [1.82, 2.24) is 0 Å². The van der Waals surface area contributed by atoms with Crippen molar-refractivity contribution in [3.05, 3.63) is 0 Å². The molecule has 0 saturated carbocycles. The maximum atomic E-state index is 8.89. The molecule has 0 radical (unpaired) electrons. The van der Waals surface area contributed by atoms with Crippen LogP contribution < -0.4 is 5.11 Å². The molecular formula is C6H11ClHgO3. The fourth-order valence-electron chi connectivity index (χ4n) is 0.207. The van der Waals surface area contributed by atoms with Crippen LogP contribution in [0.25, 0.3) is 0 Å². The van der Waals surface area contributed by atoms with Crippen molar-refractivity contribution in [3.8, 4) is 0 Å². The molecule has 5 heteroatoms. The predicted molar refractivity (Wildman–Crippen MR) is 36.6 cm³/mol. The zero-order valence-electron chi connectivity index (χ0n) is 6.80. The van der Waals surface area contributed by atoms with E-state index in [0.29, 0.717) is 9.68 Å². The van der Waals surface area contributed by atoms with Gasteiger partial charge in [0.05, 0.1) is 0 Å². The molecule has 0 N–H and O–H groups in total. The Bertz CT molecular complexity index is 95.8. The molecule has 0 aromatic carbocycles. The van der Waals surface area contributed by atoms with Gasteiger partial charge in [-0.05, 0) is 6.92 Å². The van der Waals surface area contributed by atoms with Crippen molar-refractivity contribution in [2.45, 2.75) is 23.9 Å². The van der Waals surface area contributed by atoms with E-state index in [4.69, 9.17) is 26.2 Å². The first kappa shape index (κ1) is 14.2. The van der Waals surface area contributed by atoms with Gasteiger partial charge in [-0.15, -0.1) is 0 Å². The van der Waals surface area contributed by atoms with Crippen molar-refractivity contribution in [2.75, 3.05) is 6.07 Å². The van der Waals surface area contributed by atoms with Crippen LogP contribution in [0.15, 0.2) is 0 Å². The third-order valence-corrected chi connectivity index (χ3v) is 4.04. The number of carboxylic acid groups (broad SMARTS) is 1. The first-order valence-electron chi connectivity index (χ1n) is 3.22. The molecule has 0 rings (SSSR count). The van der Waals surface area contributed by atoms with Crippen LogP contribution in [0.3, 0.4) is 0 Å². The van der Waals surface area contributed by atoms with E-state index in [1.54, 1.807) is 0 Å². The van der Waals surface area contributed by atoms with Crippen LogP contribution in [-0.2, 0) is 35.7 Å². The number of carbonyl (C=O) groups excluding carboxylic acids is 1. The molecule has 0 aliphatic carbocycles. The van der Waals surface area contributed by atoms with Crippen molar-refractivity contribution >= 4 is 17.6 Å². The molecule has 0 aromatic rings. The summed E-state index contributed by atoms with van der Waals surface area (Å²) in [6, 6.07) is 0.363. The molecule has 0 spiro atoms. The van der Waals surface area contributed by atoms with Gasteiger partial charge in [-0.25, -0.2) is 0 Å². The average Bonchev–Trinajstić information content (AvgIpc) is 1.87. The minimum atomic E-state index is -1.08. The summed E-state index contributed by atoms with van der Waals surface area (Å²) < 4.78 is 5.55. The quantitative estimate of drug-likeness (QED) is 0.531. The Morgan fingerprint density at radius 2 is 2.18 bits per heavy atom. The number of carboxylic acids is 1. The Labute approximate surface area is 88.0 Å². The topological polar surface area (TPSA) is 49.4 Å². The van der Waals surface area contributed by atoms with E-state index in [2.05, 4.69) is 6.92 Å². The van der Waals surface area contributed by atoms with E-state index >= 15 is 0 Å². The van der Waals surface area contributed by atoms with Gasteiger partial charge in [0.1, 0.15) is 0 Å². The number of aliphatic carboxylic acids is 1. The monoisotopic (exact) mass is 368 g/mol. The first-order chi connectivity index (χ1) is 5.04. The summed E-state index contributed by atoms with van der Waals surface area (Å²) in [5, 5.41) is 8.89. The number of hydrogen-bond acceptors (Lipinski definition) is 3. The molecule has 3 nitrogen and oxygen atoms in total. The van der Waals surface area contributed by atoms with Crippen LogP contribution in [0, 0.1) is 0 Å². The molecule has 1 unspecified atom stereocenters. The van der Waals surface area contributed by atoms with Gasteiger partial charge >= 0.3 is 65.5 Å². The Kier molecular flexibility index (Phi) is 13.7. The minimum absolute atomic E-state index is 0.363. The summed E-state index contributed by atoms with van der Waals surface area (Å²) in [6.45, 7) is 3.09. The summed E-state index contributed by atoms with van der Waals surface area (Å²) in [4.78, 5) is 8.89. The number of ether oxygens (including phenoxy) is 1. The Morgan fingerprint density at radius 1 is 1.82 bits per heavy atom. The van der Waals surface area contributed by atoms with Crippen molar-refractivity contribution in [2.24, 2.45) is 0 Å². The summed E-state index contributed by atoms with van der Waals surface area (Å²) >= 11 is 6.01. The molecule has 0 fully saturated rings. The van der Waals surface area contributed by atoms with E-state index < -0.39 is 5.97 Å². The second-order valence-corrected chi connectivity index (χ2v) is 5.56. The molecule has 0 aliphatic rings. The Balaban J connectivity index is 0. The van der Waals surface area contributed by atoms with Crippen LogP contribution >= 0.6 is 11.6 Å². The van der Waals surface area contributed by atoms with Gasteiger partial charge in [0.25, 0.3) is 0 Å². The van der Waals surface area contributed by atoms with E-state index in [-0.39, 0.29) is 0 Å². The van der Waals surface area contributed by atoms with Gasteiger partial charge in [-0.1, -0.05) is 0 Å². The maximum absolute atomic E-state index is 8.89. The van der Waals surface area contributed by atoms with Crippen molar-refractivity contribution in [1.29, 1.82) is 0 Å². The van der Waals surface area contributed by atoms with Crippen LogP contribution in [-0.4, -0.2) is 15.6 Å². The van der Waals surface area contributed by atoms with E-state index in [0.717, 1.165) is 39.5 Å². The van der Waals surface area contributed by atoms with Crippen LogP contribution in [0.2, 0.25) is 0 Å². The van der Waals surface area contributed by atoms with Gasteiger partial charge in [0.2, 0.25) is 0 Å². The zero-order valence-corrected chi connectivity index (χ0v) is 13.1. The molecule has 0 saturated heterocycles. The molecule has 0 amide bonds. The molecule has 0 aromatic heterocycles. The fraction of sp³-hybridized carbons (Fsp3) is 0.833. The second kappa shape index (κ2) is 10.7. The number of hydrogen-bond donors (Lipinski definition) is 0. The normalized spacial score (nSPS) is 11.4. The second-order valence-electron chi connectivity index (χ2n) is 1.80. The van der Waals surface area contributed by atoms with Gasteiger partial charge in [0.15, 0.2) is 0 Å². The van der Waals surface area contributed by atoms with Gasteiger partial charge in [-0.2, -0.15) is 0 Å². The number of alkyl halides is 1. The summed E-state index contributed by atoms with van der Waals surface area (Å²) in [5.74, 6) is -1.08.